The molecule has 0 aliphatic heterocycles. The molecule has 29 heavy (non-hydrogen) atoms. The highest BCUT2D eigenvalue weighted by molar-refractivity contribution is 5.36. The minimum Gasteiger partial charge on any atom is -0.497 e. The first-order valence-electron chi connectivity index (χ1n) is 9.83. The van der Waals surface area contributed by atoms with Gasteiger partial charge in [-0.1, -0.05) is 49.4 Å². The van der Waals surface area contributed by atoms with Crippen molar-refractivity contribution in [1.29, 1.82) is 0 Å². The molecule has 0 spiro atoms. The van der Waals surface area contributed by atoms with Crippen LogP contribution in [0.15, 0.2) is 85.5 Å². The van der Waals surface area contributed by atoms with Crippen LogP contribution in [-0.4, -0.2) is 7.11 Å². The average Bonchev–Trinajstić information content (AvgIpc) is 2.76. The molecule has 0 heterocycles. The van der Waals surface area contributed by atoms with E-state index in [1.807, 2.05) is 54.6 Å². The Hall–Kier alpha value is -3.07. The molecule has 0 aliphatic rings. The summed E-state index contributed by atoms with van der Waals surface area (Å²) in [5, 5.41) is 0. The highest BCUT2D eigenvalue weighted by Crippen LogP contribution is 2.32. The molecule has 3 heteroatoms. The van der Waals surface area contributed by atoms with Crippen molar-refractivity contribution in [2.24, 2.45) is 0 Å². The van der Waals surface area contributed by atoms with E-state index in [0.29, 0.717) is 5.75 Å². The lowest BCUT2D eigenvalue weighted by atomic mass is 9.78. The van der Waals surface area contributed by atoms with Gasteiger partial charge in [0, 0.05) is 5.41 Å². The molecule has 0 radical (unpaired) electrons. The first kappa shape index (κ1) is 20.7. The molecule has 1 unspecified atom stereocenters. The van der Waals surface area contributed by atoms with Crippen LogP contribution in [0, 0.1) is 5.82 Å². The first-order chi connectivity index (χ1) is 14.0. The van der Waals surface area contributed by atoms with Crippen LogP contribution < -0.4 is 9.47 Å². The summed E-state index contributed by atoms with van der Waals surface area (Å²) in [5.74, 6) is 1.38. The Morgan fingerprint density at radius 3 is 2.34 bits per heavy atom. The third kappa shape index (κ3) is 5.26. The van der Waals surface area contributed by atoms with E-state index in [2.05, 4.69) is 25.6 Å². The van der Waals surface area contributed by atoms with Crippen molar-refractivity contribution in [3.63, 3.8) is 0 Å². The summed E-state index contributed by atoms with van der Waals surface area (Å²) in [4.78, 5) is 0. The molecule has 0 bridgehead atoms. The predicted octanol–water partition coefficient (Wildman–Crippen LogP) is 7.09. The Labute approximate surface area is 172 Å². The van der Waals surface area contributed by atoms with Crippen LogP contribution in [0.3, 0.4) is 0 Å². The molecular formula is C26H27FO2. The molecule has 0 amide bonds. The molecule has 3 rings (SSSR count). The third-order valence-corrected chi connectivity index (χ3v) is 5.33. The van der Waals surface area contributed by atoms with Gasteiger partial charge in [0.25, 0.3) is 0 Å². The molecule has 0 fully saturated rings. The molecule has 0 aliphatic carbocycles. The lowest BCUT2D eigenvalue weighted by Gasteiger charge is -2.26. The fourth-order valence-corrected chi connectivity index (χ4v) is 3.39. The van der Waals surface area contributed by atoms with Crippen LogP contribution in [0.2, 0.25) is 0 Å². The van der Waals surface area contributed by atoms with Gasteiger partial charge in [0.1, 0.15) is 11.5 Å². The maximum Gasteiger partial charge on any atom is 0.165 e. The Balaban J connectivity index is 1.65. The van der Waals surface area contributed by atoms with Gasteiger partial charge in [-0.2, -0.15) is 0 Å². The maximum atomic E-state index is 14.2. The van der Waals surface area contributed by atoms with Gasteiger partial charge in [0.05, 0.1) is 7.11 Å². The van der Waals surface area contributed by atoms with Gasteiger partial charge in [0.15, 0.2) is 11.6 Å². The molecule has 3 aromatic rings. The molecule has 0 saturated carbocycles. The van der Waals surface area contributed by atoms with E-state index in [0.717, 1.165) is 30.6 Å². The average molecular weight is 390 g/mol. The number of halogens is 1. The lowest BCUT2D eigenvalue weighted by molar-refractivity contribution is 0.414. The van der Waals surface area contributed by atoms with Gasteiger partial charge in [-0.25, -0.2) is 4.39 Å². The molecule has 150 valence electrons. The van der Waals surface area contributed by atoms with Crippen LogP contribution in [0.4, 0.5) is 4.39 Å². The minimum absolute atomic E-state index is 0.129. The summed E-state index contributed by atoms with van der Waals surface area (Å²) in [6.07, 6.45) is 4.73. The smallest absolute Gasteiger partial charge is 0.165 e. The van der Waals surface area contributed by atoms with Gasteiger partial charge < -0.3 is 9.47 Å². The van der Waals surface area contributed by atoms with Crippen molar-refractivity contribution < 1.29 is 13.9 Å². The monoisotopic (exact) mass is 390 g/mol. The zero-order valence-electron chi connectivity index (χ0n) is 17.0. The number of hydrogen-bond acceptors (Lipinski definition) is 2. The van der Waals surface area contributed by atoms with E-state index in [1.165, 1.54) is 11.6 Å². The maximum absolute atomic E-state index is 14.2. The van der Waals surface area contributed by atoms with E-state index in [9.17, 15) is 4.39 Å². The van der Waals surface area contributed by atoms with E-state index >= 15 is 0 Å². The summed E-state index contributed by atoms with van der Waals surface area (Å²) in [6.45, 7) is 6.24. The Morgan fingerprint density at radius 2 is 1.69 bits per heavy atom. The number of ether oxygens (including phenoxy) is 2. The van der Waals surface area contributed by atoms with E-state index in [4.69, 9.17) is 9.47 Å². The first-order valence-corrected chi connectivity index (χ1v) is 9.83. The van der Waals surface area contributed by atoms with Crippen LogP contribution in [0.25, 0.3) is 0 Å². The topological polar surface area (TPSA) is 18.5 Å². The SMILES string of the molecule is C=CC(C)(CCCc1ccc(F)c(Oc2ccccc2)c1)c1ccc(OC)cc1. The number of allylic oxidation sites excluding steroid dienone is 1. The van der Waals surface area contributed by atoms with Crippen molar-refractivity contribution in [1.82, 2.24) is 0 Å². The molecule has 0 aromatic heterocycles. The summed E-state index contributed by atoms with van der Waals surface area (Å²) < 4.78 is 25.1. The fourth-order valence-electron chi connectivity index (χ4n) is 3.39. The second-order valence-electron chi connectivity index (χ2n) is 7.38. The number of methoxy groups -OCH3 is 1. The van der Waals surface area contributed by atoms with Gasteiger partial charge in [-0.05, 0) is 66.8 Å². The number of benzene rings is 3. The van der Waals surface area contributed by atoms with Crippen LogP contribution in [0.5, 0.6) is 17.2 Å². The molecule has 0 saturated heterocycles. The van der Waals surface area contributed by atoms with E-state index < -0.39 is 0 Å². The highest BCUT2D eigenvalue weighted by atomic mass is 19.1. The molecule has 0 N–H and O–H groups in total. The zero-order valence-corrected chi connectivity index (χ0v) is 17.0. The second-order valence-corrected chi connectivity index (χ2v) is 7.38. The molecule has 1 atom stereocenters. The quantitative estimate of drug-likeness (QED) is 0.363. The number of rotatable bonds is 9. The number of aryl methyl sites for hydroxylation is 1. The number of hydrogen-bond donors (Lipinski definition) is 0. The third-order valence-electron chi connectivity index (χ3n) is 5.33. The van der Waals surface area contributed by atoms with Crippen molar-refractivity contribution in [3.05, 3.63) is 102 Å². The van der Waals surface area contributed by atoms with Crippen molar-refractivity contribution in [3.8, 4) is 17.2 Å². The lowest BCUT2D eigenvalue weighted by Crippen LogP contribution is -2.18. The Bertz CT molecular complexity index is 935. The minimum atomic E-state index is -0.355. The normalized spacial score (nSPS) is 12.8. The molecule has 2 nitrogen and oxygen atoms in total. The van der Waals surface area contributed by atoms with Gasteiger partial charge in [0.2, 0.25) is 0 Å². The molecular weight excluding hydrogens is 363 g/mol. The Morgan fingerprint density at radius 1 is 0.966 bits per heavy atom. The van der Waals surface area contributed by atoms with Gasteiger partial charge >= 0.3 is 0 Å². The van der Waals surface area contributed by atoms with Crippen molar-refractivity contribution in [2.45, 2.75) is 31.6 Å². The van der Waals surface area contributed by atoms with Crippen molar-refractivity contribution >= 4 is 0 Å². The summed E-state index contributed by atoms with van der Waals surface area (Å²) >= 11 is 0. The van der Waals surface area contributed by atoms with Gasteiger partial charge in [-0.3, -0.25) is 0 Å². The summed E-state index contributed by atoms with van der Waals surface area (Å²) in [7, 11) is 1.67. The highest BCUT2D eigenvalue weighted by Gasteiger charge is 2.22. The van der Waals surface area contributed by atoms with E-state index in [1.54, 1.807) is 13.2 Å². The summed E-state index contributed by atoms with van der Waals surface area (Å²) in [6, 6.07) is 22.5. The van der Waals surface area contributed by atoms with Gasteiger partial charge in [-0.15, -0.1) is 6.58 Å². The molecule has 3 aromatic carbocycles. The largest absolute Gasteiger partial charge is 0.497 e. The summed E-state index contributed by atoms with van der Waals surface area (Å²) in [5.41, 5.74) is 2.13. The van der Waals surface area contributed by atoms with Crippen molar-refractivity contribution in [2.75, 3.05) is 7.11 Å². The predicted molar refractivity (Wildman–Crippen MR) is 116 cm³/mol. The van der Waals surface area contributed by atoms with Crippen LogP contribution in [0.1, 0.15) is 30.9 Å². The second kappa shape index (κ2) is 9.42. The zero-order chi connectivity index (χ0) is 20.7. The number of para-hydroxylation sites is 1. The van der Waals surface area contributed by atoms with Crippen LogP contribution >= 0.6 is 0 Å². The Kier molecular flexibility index (Phi) is 6.71. The standard InChI is InChI=1S/C26H27FO2/c1-4-26(2,21-13-15-22(28-3)16-14-21)18-8-9-20-12-17-24(27)25(19-20)29-23-10-6-5-7-11-23/h4-7,10-17,19H,1,8-9,18H2,2-3H3. The fraction of sp³-hybridized carbons (Fsp3) is 0.231. The van der Waals surface area contributed by atoms with Crippen LogP contribution in [-0.2, 0) is 11.8 Å². The van der Waals surface area contributed by atoms with E-state index in [-0.39, 0.29) is 17.0 Å².